The van der Waals surface area contributed by atoms with E-state index in [-0.39, 0.29) is 0 Å². The molecule has 4 N–H and O–H groups in total. The molecule has 0 amide bonds. The largest absolute Gasteiger partial charge is 0.387 e. The first-order valence-electron chi connectivity index (χ1n) is 5.94. The second-order valence-electron chi connectivity index (χ2n) is 5.78. The van der Waals surface area contributed by atoms with Gasteiger partial charge in [0.05, 0.1) is 11.2 Å². The zero-order valence-corrected chi connectivity index (χ0v) is 11.3. The predicted octanol–water partition coefficient (Wildman–Crippen LogP) is 1.30. The molecule has 0 radical (unpaired) electrons. The molecule has 1 aromatic carbocycles. The van der Waals surface area contributed by atoms with Gasteiger partial charge in [0.2, 0.25) is 0 Å². The SMILES string of the molecule is CC(C)(O)C(O)c1cccc(C(O)C(C)(C)O)c1. The molecule has 4 nitrogen and oxygen atoms in total. The van der Waals surface area contributed by atoms with Gasteiger partial charge in [-0.1, -0.05) is 24.3 Å². The number of rotatable bonds is 4. The smallest absolute Gasteiger partial charge is 0.107 e. The fraction of sp³-hybridized carbons (Fsp3) is 0.571. The normalized spacial score (nSPS) is 16.4. The van der Waals surface area contributed by atoms with Crippen molar-refractivity contribution in [3.05, 3.63) is 35.4 Å². The van der Waals surface area contributed by atoms with Gasteiger partial charge in [-0.3, -0.25) is 0 Å². The maximum Gasteiger partial charge on any atom is 0.107 e. The Morgan fingerprint density at radius 1 is 0.833 bits per heavy atom. The van der Waals surface area contributed by atoms with Gasteiger partial charge >= 0.3 is 0 Å². The summed E-state index contributed by atoms with van der Waals surface area (Å²) < 4.78 is 0. The van der Waals surface area contributed by atoms with E-state index in [0.29, 0.717) is 11.1 Å². The lowest BCUT2D eigenvalue weighted by Gasteiger charge is -2.28. The van der Waals surface area contributed by atoms with Crippen molar-refractivity contribution in [1.82, 2.24) is 0 Å². The number of hydrogen-bond acceptors (Lipinski definition) is 4. The highest BCUT2D eigenvalue weighted by atomic mass is 16.3. The Bertz CT molecular complexity index is 366. The Morgan fingerprint density at radius 2 is 1.17 bits per heavy atom. The van der Waals surface area contributed by atoms with Crippen molar-refractivity contribution in [2.45, 2.75) is 51.1 Å². The highest BCUT2D eigenvalue weighted by Crippen LogP contribution is 2.30. The molecule has 102 valence electrons. The molecule has 4 heteroatoms. The van der Waals surface area contributed by atoms with Crippen LogP contribution >= 0.6 is 0 Å². The predicted molar refractivity (Wildman–Crippen MR) is 69.0 cm³/mol. The summed E-state index contributed by atoms with van der Waals surface area (Å²) in [6, 6.07) is 6.60. The molecule has 1 aromatic rings. The van der Waals surface area contributed by atoms with E-state index in [1.807, 2.05) is 0 Å². The molecule has 2 atom stereocenters. The van der Waals surface area contributed by atoms with E-state index >= 15 is 0 Å². The Hall–Kier alpha value is -0.940. The van der Waals surface area contributed by atoms with Crippen LogP contribution in [0.25, 0.3) is 0 Å². The number of hydrogen-bond donors (Lipinski definition) is 4. The van der Waals surface area contributed by atoms with Gasteiger partial charge in [0.15, 0.2) is 0 Å². The highest BCUT2D eigenvalue weighted by Gasteiger charge is 2.29. The van der Waals surface area contributed by atoms with E-state index in [0.717, 1.165) is 0 Å². The van der Waals surface area contributed by atoms with Crippen molar-refractivity contribution in [3.8, 4) is 0 Å². The zero-order valence-electron chi connectivity index (χ0n) is 11.3. The first-order chi connectivity index (χ1) is 8.03. The van der Waals surface area contributed by atoms with Gasteiger partial charge in [-0.2, -0.15) is 0 Å². The fourth-order valence-corrected chi connectivity index (χ4v) is 1.71. The van der Waals surface area contributed by atoms with Crippen LogP contribution in [0.5, 0.6) is 0 Å². The Balaban J connectivity index is 3.07. The third kappa shape index (κ3) is 3.53. The second kappa shape index (κ2) is 4.97. The molecule has 0 aliphatic heterocycles. The molecule has 0 heterocycles. The zero-order chi connectivity index (χ0) is 14.1. The van der Waals surface area contributed by atoms with Gasteiger partial charge in [0, 0.05) is 0 Å². The average Bonchev–Trinajstić information content (AvgIpc) is 2.24. The lowest BCUT2D eigenvalue weighted by atomic mass is 9.90. The van der Waals surface area contributed by atoms with Crippen LogP contribution in [0.1, 0.15) is 51.0 Å². The lowest BCUT2D eigenvalue weighted by molar-refractivity contribution is -0.0530. The minimum atomic E-state index is -1.27. The summed E-state index contributed by atoms with van der Waals surface area (Å²) in [4.78, 5) is 0. The van der Waals surface area contributed by atoms with E-state index < -0.39 is 23.4 Å². The minimum Gasteiger partial charge on any atom is -0.387 e. The van der Waals surface area contributed by atoms with Crippen LogP contribution in [0.2, 0.25) is 0 Å². The Labute approximate surface area is 108 Å². The average molecular weight is 254 g/mol. The number of benzene rings is 1. The van der Waals surface area contributed by atoms with Crippen LogP contribution in [0, 0.1) is 0 Å². The molecule has 0 bridgehead atoms. The molecule has 0 saturated carbocycles. The first-order valence-corrected chi connectivity index (χ1v) is 5.94. The maximum atomic E-state index is 9.97. The van der Waals surface area contributed by atoms with Gasteiger partial charge < -0.3 is 20.4 Å². The fourth-order valence-electron chi connectivity index (χ4n) is 1.71. The molecule has 2 unspecified atom stereocenters. The van der Waals surface area contributed by atoms with E-state index in [1.165, 1.54) is 27.7 Å². The molecule has 0 spiro atoms. The van der Waals surface area contributed by atoms with Gasteiger partial charge in [0.25, 0.3) is 0 Å². The highest BCUT2D eigenvalue weighted by molar-refractivity contribution is 5.29. The number of aliphatic hydroxyl groups is 4. The topological polar surface area (TPSA) is 80.9 Å². The van der Waals surface area contributed by atoms with Gasteiger partial charge in [-0.05, 0) is 38.8 Å². The van der Waals surface area contributed by atoms with E-state index in [1.54, 1.807) is 24.3 Å². The molecule has 1 rings (SSSR count). The van der Waals surface area contributed by atoms with Crippen molar-refractivity contribution in [2.75, 3.05) is 0 Å². The van der Waals surface area contributed by atoms with Crippen molar-refractivity contribution >= 4 is 0 Å². The van der Waals surface area contributed by atoms with Gasteiger partial charge in [0.1, 0.15) is 12.2 Å². The third-order valence-electron chi connectivity index (χ3n) is 2.88. The quantitative estimate of drug-likeness (QED) is 0.653. The van der Waals surface area contributed by atoms with Gasteiger partial charge in [-0.25, -0.2) is 0 Å². The van der Waals surface area contributed by atoms with E-state index in [2.05, 4.69) is 0 Å². The summed E-state index contributed by atoms with van der Waals surface area (Å²) in [5, 5.41) is 39.5. The molecule has 0 aliphatic rings. The molecular formula is C14H22O4. The monoisotopic (exact) mass is 254 g/mol. The summed E-state index contributed by atoms with van der Waals surface area (Å²) in [6.07, 6.45) is -2.10. The molecular weight excluding hydrogens is 232 g/mol. The van der Waals surface area contributed by atoms with E-state index in [9.17, 15) is 20.4 Å². The summed E-state index contributed by atoms with van der Waals surface area (Å²) in [7, 11) is 0. The summed E-state index contributed by atoms with van der Waals surface area (Å²) >= 11 is 0. The van der Waals surface area contributed by atoms with E-state index in [4.69, 9.17) is 0 Å². The first kappa shape index (κ1) is 15.1. The third-order valence-corrected chi connectivity index (χ3v) is 2.88. The molecule has 18 heavy (non-hydrogen) atoms. The summed E-state index contributed by atoms with van der Waals surface area (Å²) in [5.74, 6) is 0. The number of aliphatic hydroxyl groups excluding tert-OH is 2. The van der Waals surface area contributed by atoms with Crippen LogP contribution in [0.3, 0.4) is 0 Å². The van der Waals surface area contributed by atoms with Crippen LogP contribution in [0.15, 0.2) is 24.3 Å². The Morgan fingerprint density at radius 3 is 1.44 bits per heavy atom. The summed E-state index contributed by atoms with van der Waals surface area (Å²) in [6.45, 7) is 6.04. The van der Waals surface area contributed by atoms with Crippen LogP contribution in [-0.4, -0.2) is 31.6 Å². The van der Waals surface area contributed by atoms with Crippen molar-refractivity contribution in [1.29, 1.82) is 0 Å². The van der Waals surface area contributed by atoms with Crippen molar-refractivity contribution < 1.29 is 20.4 Å². The van der Waals surface area contributed by atoms with Gasteiger partial charge in [-0.15, -0.1) is 0 Å². The maximum absolute atomic E-state index is 9.97. The van der Waals surface area contributed by atoms with Crippen LogP contribution in [0.4, 0.5) is 0 Å². The van der Waals surface area contributed by atoms with Crippen LogP contribution < -0.4 is 0 Å². The van der Waals surface area contributed by atoms with Crippen molar-refractivity contribution in [2.24, 2.45) is 0 Å². The van der Waals surface area contributed by atoms with Crippen LogP contribution in [-0.2, 0) is 0 Å². The standard InChI is InChI=1S/C14H22O4/c1-13(2,17)11(15)9-6-5-7-10(8-9)12(16)14(3,4)18/h5-8,11-12,15-18H,1-4H3. The molecule has 0 saturated heterocycles. The summed E-state index contributed by atoms with van der Waals surface area (Å²) in [5.41, 5.74) is -1.53. The Kier molecular flexibility index (Phi) is 4.18. The molecule has 0 fully saturated rings. The lowest BCUT2D eigenvalue weighted by Crippen LogP contribution is -2.30. The molecule has 0 aliphatic carbocycles. The second-order valence-corrected chi connectivity index (χ2v) is 5.78. The van der Waals surface area contributed by atoms with Crippen molar-refractivity contribution in [3.63, 3.8) is 0 Å². The molecule has 0 aromatic heterocycles. The minimum absolute atomic E-state index is 0.503.